The van der Waals surface area contributed by atoms with Crippen LogP contribution >= 0.6 is 11.6 Å². The van der Waals surface area contributed by atoms with Gasteiger partial charge >= 0.3 is 6.09 Å². The second-order valence-electron chi connectivity index (χ2n) is 13.1. The zero-order valence-electron chi connectivity index (χ0n) is 25.9. The van der Waals surface area contributed by atoms with Crippen molar-refractivity contribution in [3.05, 3.63) is 76.6 Å². The molecule has 0 saturated carbocycles. The topological polar surface area (TPSA) is 93.0 Å². The number of aromatic nitrogens is 3. The highest BCUT2D eigenvalue weighted by molar-refractivity contribution is 6.30. The number of rotatable bonds is 4. The van der Waals surface area contributed by atoms with Gasteiger partial charge in [0.15, 0.2) is 0 Å². The Morgan fingerprint density at radius 2 is 1.95 bits per heavy atom. The summed E-state index contributed by atoms with van der Waals surface area (Å²) in [6, 6.07) is 8.64. The first-order chi connectivity index (χ1) is 21.1. The first-order valence-electron chi connectivity index (χ1n) is 15.4. The number of hydrogen-bond acceptors (Lipinski definition) is 7. The van der Waals surface area contributed by atoms with Gasteiger partial charge in [-0.1, -0.05) is 23.7 Å². The summed E-state index contributed by atoms with van der Waals surface area (Å²) in [7, 11) is 0. The van der Waals surface area contributed by atoms with E-state index in [9.17, 15) is 9.59 Å². The molecule has 0 spiro atoms. The largest absolute Gasteiger partial charge is 0.488 e. The zero-order valence-corrected chi connectivity index (χ0v) is 26.7. The molecule has 3 aliphatic heterocycles. The highest BCUT2D eigenvalue weighted by Gasteiger charge is 2.43. The number of imidazole rings is 1. The molecule has 3 aromatic rings. The summed E-state index contributed by atoms with van der Waals surface area (Å²) in [6.45, 7) is 11.2. The number of carbonyl (C=O) groups is 2. The molecule has 10 nitrogen and oxygen atoms in total. The van der Waals surface area contributed by atoms with E-state index < -0.39 is 17.7 Å². The van der Waals surface area contributed by atoms with E-state index in [-0.39, 0.29) is 11.9 Å². The molecule has 234 valence electrons. The summed E-state index contributed by atoms with van der Waals surface area (Å²) >= 11 is 6.37. The van der Waals surface area contributed by atoms with Crippen LogP contribution in [0.4, 0.5) is 4.79 Å². The molecule has 2 aromatic heterocycles. The van der Waals surface area contributed by atoms with E-state index in [1.165, 1.54) is 0 Å². The predicted octanol–water partition coefficient (Wildman–Crippen LogP) is 5.08. The number of likely N-dealkylation sites (tertiary alicyclic amines) is 1. The monoisotopic (exact) mass is 620 g/mol. The molecule has 0 unspecified atom stereocenters. The molecule has 5 heterocycles. The summed E-state index contributed by atoms with van der Waals surface area (Å²) in [5.41, 5.74) is 3.11. The Labute approximate surface area is 263 Å². The van der Waals surface area contributed by atoms with E-state index in [2.05, 4.69) is 14.5 Å². The number of nitrogens with zero attached hydrogens (tertiary/aromatic N) is 6. The Hall–Kier alpha value is -3.63. The molecular formula is C33H41ClN6O4. The van der Waals surface area contributed by atoms with Crippen molar-refractivity contribution in [2.45, 2.75) is 71.4 Å². The molecule has 2 saturated heterocycles. The molecule has 2 amide bonds. The normalized spacial score (nSPS) is 22.4. The lowest BCUT2D eigenvalue weighted by Gasteiger charge is -2.45. The first-order valence-corrected chi connectivity index (χ1v) is 15.8. The van der Waals surface area contributed by atoms with E-state index >= 15 is 0 Å². The third-order valence-electron chi connectivity index (χ3n) is 8.59. The van der Waals surface area contributed by atoms with Crippen molar-refractivity contribution in [3.63, 3.8) is 0 Å². The molecule has 3 atom stereocenters. The molecule has 11 heteroatoms. The van der Waals surface area contributed by atoms with Crippen LogP contribution in [0.3, 0.4) is 0 Å². The van der Waals surface area contributed by atoms with Crippen LogP contribution in [0.5, 0.6) is 5.75 Å². The van der Waals surface area contributed by atoms with Crippen molar-refractivity contribution in [2.24, 2.45) is 5.92 Å². The van der Waals surface area contributed by atoms with Gasteiger partial charge in [-0.25, -0.2) is 9.78 Å². The number of halogens is 1. The molecule has 44 heavy (non-hydrogen) atoms. The maximum Gasteiger partial charge on any atom is 0.411 e. The minimum absolute atomic E-state index is 0.0467. The van der Waals surface area contributed by atoms with Crippen molar-refractivity contribution in [3.8, 4) is 5.75 Å². The van der Waals surface area contributed by atoms with Gasteiger partial charge in [0.25, 0.3) is 0 Å². The van der Waals surface area contributed by atoms with Crippen LogP contribution in [0.15, 0.2) is 49.1 Å². The highest BCUT2D eigenvalue weighted by atomic mass is 35.5. The molecule has 3 aliphatic rings. The number of benzene rings is 1. The molecule has 0 aliphatic carbocycles. The molecule has 1 aromatic carbocycles. The fourth-order valence-electron chi connectivity index (χ4n) is 6.63. The van der Waals surface area contributed by atoms with E-state index in [0.29, 0.717) is 56.0 Å². The van der Waals surface area contributed by atoms with Gasteiger partial charge in [-0.3, -0.25) is 19.6 Å². The van der Waals surface area contributed by atoms with Crippen molar-refractivity contribution >= 4 is 23.6 Å². The number of piperazine rings is 1. The van der Waals surface area contributed by atoms with Crippen molar-refractivity contribution in [1.29, 1.82) is 0 Å². The molecule has 0 radical (unpaired) electrons. The summed E-state index contributed by atoms with van der Waals surface area (Å²) in [5.74, 6) is 0.962. The molecular weight excluding hydrogens is 580 g/mol. The molecule has 6 rings (SSSR count). The standard InChI is InChI=1S/C33H41ClN6O4/c1-22-16-37(21-36-22)17-23-7-6-12-39(18-23)31(41)27-19-38(13-14-40(27)32(42)44-33(2,3)4)30-26-10-9-25(34)15-28(26)43-20-24-8-5-11-35-29(24)30/h5,8-11,15-16,21,23,27,30H,6-7,12-14,17-20H2,1-4H3/t23-,27+,30+/m0/s1. The number of amides is 2. The smallest absolute Gasteiger partial charge is 0.411 e. The average Bonchev–Trinajstić information content (AvgIpc) is 3.32. The van der Waals surface area contributed by atoms with E-state index in [1.54, 1.807) is 11.1 Å². The Bertz CT molecular complexity index is 1520. The van der Waals surface area contributed by atoms with Gasteiger partial charge in [-0.05, 0) is 64.7 Å². The minimum atomic E-state index is -0.708. The third-order valence-corrected chi connectivity index (χ3v) is 8.83. The lowest BCUT2D eigenvalue weighted by atomic mass is 9.95. The summed E-state index contributed by atoms with van der Waals surface area (Å²) in [5, 5.41) is 0.592. The number of ether oxygens (including phenoxy) is 2. The molecule has 0 N–H and O–H groups in total. The van der Waals surface area contributed by atoms with Crippen LogP contribution in [0.2, 0.25) is 5.02 Å². The first kappa shape index (κ1) is 30.4. The molecule has 2 fully saturated rings. The maximum atomic E-state index is 14.4. The lowest BCUT2D eigenvalue weighted by molar-refractivity contribution is -0.141. The Morgan fingerprint density at radius 3 is 2.73 bits per heavy atom. The van der Waals surface area contributed by atoms with Crippen LogP contribution in [0.25, 0.3) is 0 Å². The SMILES string of the molecule is Cc1cn(C[C@@H]2CCCN(C(=O)[C@H]3CN([C@@H]4c5ccc(Cl)cc5OCc5cccnc54)CCN3C(=O)OC(C)(C)C)C2)cn1. The minimum Gasteiger partial charge on any atom is -0.488 e. The second-order valence-corrected chi connectivity index (χ2v) is 13.5. The average molecular weight is 621 g/mol. The van der Waals surface area contributed by atoms with Crippen LogP contribution < -0.4 is 4.74 Å². The van der Waals surface area contributed by atoms with Crippen molar-refractivity contribution in [1.82, 2.24) is 29.2 Å². The van der Waals surface area contributed by atoms with Gasteiger partial charge in [-0.2, -0.15) is 0 Å². The van der Waals surface area contributed by atoms with E-state index in [4.69, 9.17) is 26.1 Å². The quantitative estimate of drug-likeness (QED) is 0.402. The summed E-state index contributed by atoms with van der Waals surface area (Å²) in [4.78, 5) is 43.0. The third kappa shape index (κ3) is 6.56. The van der Waals surface area contributed by atoms with Crippen LogP contribution in [-0.2, 0) is 22.7 Å². The van der Waals surface area contributed by atoms with Crippen LogP contribution in [0, 0.1) is 12.8 Å². The van der Waals surface area contributed by atoms with Gasteiger partial charge < -0.3 is 18.9 Å². The van der Waals surface area contributed by atoms with E-state index in [0.717, 1.165) is 41.9 Å². The van der Waals surface area contributed by atoms with Gasteiger partial charge in [0.05, 0.1) is 23.8 Å². The Kier molecular flexibility index (Phi) is 8.57. The fraction of sp³-hybridized carbons (Fsp3) is 0.515. The zero-order chi connectivity index (χ0) is 31.0. The van der Waals surface area contributed by atoms with Crippen molar-refractivity contribution in [2.75, 3.05) is 32.7 Å². The lowest BCUT2D eigenvalue weighted by Crippen LogP contribution is -2.63. The second kappa shape index (κ2) is 12.4. The van der Waals surface area contributed by atoms with E-state index in [1.807, 2.05) is 75.5 Å². The van der Waals surface area contributed by atoms with Gasteiger partial charge in [0.1, 0.15) is 24.0 Å². The Morgan fingerprint density at radius 1 is 1.11 bits per heavy atom. The molecule has 0 bridgehead atoms. The number of carbonyl (C=O) groups excluding carboxylic acids is 2. The summed E-state index contributed by atoms with van der Waals surface area (Å²) < 4.78 is 14.1. The maximum absolute atomic E-state index is 14.4. The van der Waals surface area contributed by atoms with Gasteiger partial charge in [0, 0.05) is 67.8 Å². The van der Waals surface area contributed by atoms with Gasteiger partial charge in [-0.15, -0.1) is 0 Å². The number of fused-ring (bicyclic) bond motifs is 2. The van der Waals surface area contributed by atoms with Crippen LogP contribution in [0.1, 0.15) is 62.2 Å². The number of hydrogen-bond donors (Lipinski definition) is 0. The van der Waals surface area contributed by atoms with Gasteiger partial charge in [0.2, 0.25) is 5.91 Å². The number of piperidine rings is 1. The number of pyridine rings is 1. The fourth-order valence-corrected chi connectivity index (χ4v) is 6.80. The van der Waals surface area contributed by atoms with Crippen molar-refractivity contribution < 1.29 is 19.1 Å². The highest BCUT2D eigenvalue weighted by Crippen LogP contribution is 2.41. The Balaban J connectivity index is 1.30. The number of aryl methyl sites for hydroxylation is 1. The van der Waals surface area contributed by atoms with Crippen LogP contribution in [-0.4, -0.2) is 85.6 Å². The predicted molar refractivity (Wildman–Crippen MR) is 166 cm³/mol. The summed E-state index contributed by atoms with van der Waals surface area (Å²) in [6.07, 6.45) is 7.18.